The first kappa shape index (κ1) is 45.0. The highest BCUT2D eigenvalue weighted by Gasteiger charge is 2.28. The Morgan fingerprint density at radius 3 is 1.87 bits per heavy atom. The van der Waals surface area contributed by atoms with Gasteiger partial charge >= 0.3 is 7.82 Å². The third-order valence-corrected chi connectivity index (χ3v) is 9.17. The number of carbonyl (C=O) groups is 1. The number of aliphatic hydroxyl groups excluding tert-OH is 1. The second-order valence-corrected chi connectivity index (χ2v) is 15.4. The predicted molar refractivity (Wildman–Crippen MR) is 194 cm³/mol. The molecule has 0 saturated heterocycles. The fourth-order valence-corrected chi connectivity index (χ4v) is 5.88. The van der Waals surface area contributed by atoms with Crippen LogP contribution in [0.1, 0.15) is 155 Å². The first-order valence-electron chi connectivity index (χ1n) is 18.7. The lowest BCUT2D eigenvalue weighted by molar-refractivity contribution is -0.870. The predicted octanol–water partition coefficient (Wildman–Crippen LogP) is 9.41. The van der Waals surface area contributed by atoms with Crippen LogP contribution in [0.2, 0.25) is 0 Å². The van der Waals surface area contributed by atoms with E-state index in [1.165, 1.54) is 57.8 Å². The highest BCUT2D eigenvalue weighted by Crippen LogP contribution is 2.43. The van der Waals surface area contributed by atoms with Gasteiger partial charge in [0.15, 0.2) is 0 Å². The minimum atomic E-state index is -4.30. The van der Waals surface area contributed by atoms with Gasteiger partial charge in [-0.15, -0.1) is 0 Å². The van der Waals surface area contributed by atoms with Gasteiger partial charge in [0.2, 0.25) is 5.91 Å². The molecule has 3 N–H and O–H groups in total. The van der Waals surface area contributed by atoms with Gasteiger partial charge in [0.05, 0.1) is 39.9 Å². The number of hydrogen-bond acceptors (Lipinski definition) is 5. The minimum absolute atomic E-state index is 0.0717. The molecule has 0 spiro atoms. The van der Waals surface area contributed by atoms with E-state index in [2.05, 4.69) is 43.5 Å². The number of phosphoric ester groups is 1. The summed E-state index contributed by atoms with van der Waals surface area (Å²) in [5.74, 6) is -0.163. The zero-order chi connectivity index (χ0) is 34.4. The van der Waals surface area contributed by atoms with Crippen LogP contribution in [0.5, 0.6) is 0 Å². The van der Waals surface area contributed by atoms with Crippen LogP contribution in [0, 0.1) is 0 Å². The van der Waals surface area contributed by atoms with E-state index < -0.39 is 20.0 Å². The van der Waals surface area contributed by atoms with Gasteiger partial charge in [-0.3, -0.25) is 13.8 Å². The smallest absolute Gasteiger partial charge is 0.391 e. The number of nitrogens with one attached hydrogen (secondary N) is 1. The molecular formula is C37H74N2O6P+. The Morgan fingerprint density at radius 1 is 0.739 bits per heavy atom. The van der Waals surface area contributed by atoms with Gasteiger partial charge in [-0.05, 0) is 38.5 Å². The van der Waals surface area contributed by atoms with Crippen LogP contribution in [0.3, 0.4) is 0 Å². The van der Waals surface area contributed by atoms with E-state index >= 15 is 0 Å². The number of rotatable bonds is 33. The summed E-state index contributed by atoms with van der Waals surface area (Å²) in [4.78, 5) is 23.0. The highest BCUT2D eigenvalue weighted by atomic mass is 31.2. The number of nitrogens with zero attached hydrogens (tertiary/aromatic N) is 1. The third-order valence-electron chi connectivity index (χ3n) is 8.18. The van der Waals surface area contributed by atoms with E-state index in [0.29, 0.717) is 23.9 Å². The second-order valence-electron chi connectivity index (χ2n) is 14.0. The van der Waals surface area contributed by atoms with Crippen molar-refractivity contribution in [1.29, 1.82) is 0 Å². The molecule has 0 heterocycles. The summed E-state index contributed by atoms with van der Waals surface area (Å²) in [7, 11) is 1.60. The summed E-state index contributed by atoms with van der Waals surface area (Å²) in [5, 5.41) is 13.8. The van der Waals surface area contributed by atoms with E-state index in [1.54, 1.807) is 0 Å². The number of aliphatic hydroxyl groups is 1. The SMILES string of the molecule is CCC/C=C\C/C=C\CCCCCCCC(=O)NC(COP(=O)(O)OCC[N+](C)(C)C)C(O)CCCCCCCCCCCCC. The minimum Gasteiger partial charge on any atom is -0.391 e. The normalized spacial score (nSPS) is 15.0. The molecule has 0 aromatic rings. The van der Waals surface area contributed by atoms with Crippen molar-refractivity contribution in [2.45, 2.75) is 167 Å². The largest absolute Gasteiger partial charge is 0.472 e. The molecule has 0 aromatic carbocycles. The van der Waals surface area contributed by atoms with Gasteiger partial charge in [0.1, 0.15) is 13.2 Å². The van der Waals surface area contributed by atoms with Gasteiger partial charge in [-0.25, -0.2) is 4.57 Å². The highest BCUT2D eigenvalue weighted by molar-refractivity contribution is 7.47. The fourth-order valence-electron chi connectivity index (χ4n) is 5.14. The van der Waals surface area contributed by atoms with E-state index in [1.807, 2.05) is 21.1 Å². The summed E-state index contributed by atoms with van der Waals surface area (Å²) in [6.45, 7) is 4.77. The molecule has 9 heteroatoms. The van der Waals surface area contributed by atoms with Crippen LogP contribution >= 0.6 is 7.82 Å². The van der Waals surface area contributed by atoms with E-state index in [9.17, 15) is 19.4 Å². The maximum absolute atomic E-state index is 12.8. The Hall–Kier alpha value is -1.02. The lowest BCUT2D eigenvalue weighted by Crippen LogP contribution is -2.46. The van der Waals surface area contributed by atoms with Crippen LogP contribution in [0.4, 0.5) is 0 Å². The molecular weight excluding hydrogens is 599 g/mol. The number of allylic oxidation sites excluding steroid dienone is 4. The zero-order valence-electron chi connectivity index (χ0n) is 30.6. The fraction of sp³-hybridized carbons (Fsp3) is 0.865. The molecule has 1 amide bonds. The number of hydrogen-bond donors (Lipinski definition) is 3. The zero-order valence-corrected chi connectivity index (χ0v) is 31.5. The van der Waals surface area contributed by atoms with Crippen LogP contribution < -0.4 is 5.32 Å². The lowest BCUT2D eigenvalue weighted by Gasteiger charge is -2.26. The summed E-state index contributed by atoms with van der Waals surface area (Å²) in [5.41, 5.74) is 0. The molecule has 8 nitrogen and oxygen atoms in total. The maximum atomic E-state index is 12.8. The number of carbonyl (C=O) groups excluding carboxylic acids is 1. The van der Waals surface area contributed by atoms with Crippen molar-refractivity contribution in [3.8, 4) is 0 Å². The van der Waals surface area contributed by atoms with E-state index in [0.717, 1.165) is 70.6 Å². The molecule has 0 aliphatic heterocycles. The van der Waals surface area contributed by atoms with Crippen LogP contribution in [-0.4, -0.2) is 73.4 Å². The summed E-state index contributed by atoms with van der Waals surface area (Å²) < 4.78 is 23.5. The number of amides is 1. The quantitative estimate of drug-likeness (QED) is 0.0278. The summed E-state index contributed by atoms with van der Waals surface area (Å²) >= 11 is 0. The first-order chi connectivity index (χ1) is 22.0. The van der Waals surface area contributed by atoms with E-state index in [-0.39, 0.29) is 19.1 Å². The Kier molecular flexibility index (Phi) is 29.4. The monoisotopic (exact) mass is 674 g/mol. The Labute approximate surface area is 284 Å². The van der Waals surface area contributed by atoms with Crippen molar-refractivity contribution in [3.05, 3.63) is 24.3 Å². The number of likely N-dealkylation sites (N-methyl/N-ethyl adjacent to an activating group) is 1. The Balaban J connectivity index is 4.51. The van der Waals surface area contributed by atoms with Crippen LogP contribution in [0.25, 0.3) is 0 Å². The van der Waals surface area contributed by atoms with Crippen molar-refractivity contribution < 1.29 is 32.9 Å². The lowest BCUT2D eigenvalue weighted by atomic mass is 10.0. The third kappa shape index (κ3) is 31.6. The molecule has 272 valence electrons. The van der Waals surface area contributed by atoms with Crippen LogP contribution in [-0.2, 0) is 18.4 Å². The summed E-state index contributed by atoms with van der Waals surface area (Å²) in [6.07, 6.45) is 31.9. The number of phosphoric acid groups is 1. The van der Waals surface area contributed by atoms with Crippen molar-refractivity contribution in [3.63, 3.8) is 0 Å². The Bertz CT molecular complexity index is 814. The maximum Gasteiger partial charge on any atom is 0.472 e. The molecule has 0 bridgehead atoms. The average molecular weight is 674 g/mol. The Morgan fingerprint density at radius 2 is 1.28 bits per heavy atom. The van der Waals surface area contributed by atoms with Crippen molar-refractivity contribution in [2.75, 3.05) is 40.9 Å². The molecule has 0 fully saturated rings. The van der Waals surface area contributed by atoms with Gasteiger partial charge in [-0.2, -0.15) is 0 Å². The van der Waals surface area contributed by atoms with Gasteiger partial charge in [-0.1, -0.05) is 134 Å². The van der Waals surface area contributed by atoms with Crippen molar-refractivity contribution in [2.24, 2.45) is 0 Å². The molecule has 0 rings (SSSR count). The standard InChI is InChI=1S/C37H73N2O6P/c1-6-8-10-12-14-16-18-19-21-23-25-27-29-31-37(41)38-35(34-45-46(42,43)44-33-32-39(3,4)5)36(40)30-28-26-24-22-20-17-15-13-11-9-7-2/h10,12,16,18,35-36,40H,6-9,11,13-15,17,19-34H2,1-5H3,(H-,38,41,42,43)/p+1/b12-10-,18-16-. The topological polar surface area (TPSA) is 105 Å². The van der Waals surface area contributed by atoms with Crippen molar-refractivity contribution in [1.82, 2.24) is 5.32 Å². The molecule has 0 aliphatic rings. The van der Waals surface area contributed by atoms with Gasteiger partial charge in [0, 0.05) is 6.42 Å². The van der Waals surface area contributed by atoms with Gasteiger partial charge in [0.25, 0.3) is 0 Å². The second kappa shape index (κ2) is 30.1. The number of quaternary nitrogens is 1. The van der Waals surface area contributed by atoms with Gasteiger partial charge < -0.3 is 19.8 Å². The van der Waals surface area contributed by atoms with Crippen LogP contribution in [0.15, 0.2) is 24.3 Å². The molecule has 3 atom stereocenters. The molecule has 46 heavy (non-hydrogen) atoms. The number of unbranched alkanes of at least 4 members (excludes halogenated alkanes) is 16. The molecule has 0 aliphatic carbocycles. The molecule has 3 unspecified atom stereocenters. The first-order valence-corrected chi connectivity index (χ1v) is 20.2. The summed E-state index contributed by atoms with van der Waals surface area (Å²) in [6, 6.07) is -0.762. The molecule has 0 radical (unpaired) electrons. The average Bonchev–Trinajstić information content (AvgIpc) is 2.99. The molecule has 0 aromatic heterocycles. The van der Waals surface area contributed by atoms with E-state index in [4.69, 9.17) is 9.05 Å². The molecule has 0 saturated carbocycles. The van der Waals surface area contributed by atoms with Crippen molar-refractivity contribution >= 4 is 13.7 Å².